The molecule has 0 bridgehead atoms. The van der Waals surface area contributed by atoms with Gasteiger partial charge in [0, 0.05) is 67.3 Å². The monoisotopic (exact) mass is 1100 g/mol. The summed E-state index contributed by atoms with van der Waals surface area (Å²) in [5.41, 5.74) is -4.56. The molecule has 1 aromatic heterocycles. The first-order valence-corrected chi connectivity index (χ1v) is 27.7. The van der Waals surface area contributed by atoms with Crippen molar-refractivity contribution in [3.63, 3.8) is 0 Å². The van der Waals surface area contributed by atoms with E-state index >= 15 is 0 Å². The standard InChI is InChI=1S/C54H58F2N7O12PS/c1-53(2,3)46(59-48(68)42-28-35-27-36(17-20-41(35)77-42)54(55,56)76(73,74)75)52(72)62-25-24-60(31-40(62)51(71)61-23-11-15-34(30-61)33-13-8-6-9-14-33)45(66)29-44(65)57-22-10-5-4-7-12-32-16-18-37-38(26-32)50(70)63(49(37)69)39-19-21-43(64)58-47(39)67/h6,8-9,13-14,16-18,20,26-28,34,39-40,46H,4-5,10-11,15,19,21-25,29-31H2,1-3H3,(H,57,65)(H,59,68)(H,58,64,67)(H2,73,74,75)/t34?,39?,40-,46+/m0/s1. The van der Waals surface area contributed by atoms with Gasteiger partial charge >= 0.3 is 13.3 Å². The number of nitrogens with one attached hydrogen (secondary N) is 3. The van der Waals surface area contributed by atoms with E-state index in [1.807, 2.05) is 30.3 Å². The Balaban J connectivity index is 0.889. The van der Waals surface area contributed by atoms with Crippen molar-refractivity contribution in [3.8, 4) is 11.8 Å². The van der Waals surface area contributed by atoms with E-state index in [9.17, 15) is 66.3 Å². The Hall–Kier alpha value is -7.18. The van der Waals surface area contributed by atoms with Crippen LogP contribution >= 0.6 is 18.9 Å². The molecule has 3 saturated heterocycles. The van der Waals surface area contributed by atoms with Crippen molar-refractivity contribution in [2.45, 2.75) is 102 Å². The van der Waals surface area contributed by atoms with Gasteiger partial charge in [0.05, 0.1) is 22.5 Å². The summed E-state index contributed by atoms with van der Waals surface area (Å²) in [6.07, 6.45) is 2.54. The molecule has 0 aliphatic carbocycles. The molecule has 2 unspecified atom stereocenters. The molecule has 4 aliphatic rings. The van der Waals surface area contributed by atoms with Gasteiger partial charge in [-0.15, -0.1) is 11.3 Å². The van der Waals surface area contributed by atoms with Crippen LogP contribution in [0, 0.1) is 17.3 Å². The number of hydrogen-bond acceptors (Lipinski definition) is 11. The Morgan fingerprint density at radius 1 is 0.870 bits per heavy atom. The minimum Gasteiger partial charge on any atom is -0.356 e. The maximum atomic E-state index is 14.9. The van der Waals surface area contributed by atoms with Gasteiger partial charge in [-0.1, -0.05) is 69.0 Å². The maximum absolute atomic E-state index is 14.9. The highest BCUT2D eigenvalue weighted by Gasteiger charge is 2.51. The summed E-state index contributed by atoms with van der Waals surface area (Å²) in [5, 5.41) is 7.84. The number of halogens is 2. The lowest BCUT2D eigenvalue weighted by atomic mass is 9.85. The van der Waals surface area contributed by atoms with Crippen LogP contribution in [0.25, 0.3) is 10.1 Å². The normalized spacial score (nSPS) is 19.5. The topological polar surface area (TPSA) is 260 Å². The molecule has 4 aliphatic heterocycles. The summed E-state index contributed by atoms with van der Waals surface area (Å²) in [7, 11) is -5.87. The van der Waals surface area contributed by atoms with Crippen LogP contribution in [0.1, 0.15) is 125 Å². The van der Waals surface area contributed by atoms with Crippen LogP contribution in [-0.4, -0.2) is 140 Å². The molecule has 4 aromatic rings. The Morgan fingerprint density at radius 2 is 1.61 bits per heavy atom. The quantitative estimate of drug-likeness (QED) is 0.0374. The van der Waals surface area contributed by atoms with Crippen molar-refractivity contribution in [2.24, 2.45) is 5.41 Å². The Kier molecular flexibility index (Phi) is 16.6. The molecule has 8 rings (SSSR count). The van der Waals surface area contributed by atoms with Gasteiger partial charge in [0.25, 0.3) is 17.7 Å². The van der Waals surface area contributed by atoms with E-state index in [-0.39, 0.29) is 66.3 Å². The van der Waals surface area contributed by atoms with Crippen LogP contribution in [0.5, 0.6) is 0 Å². The number of unbranched alkanes of at least 4 members (excludes halogenated alkanes) is 2. The number of benzene rings is 3. The lowest BCUT2D eigenvalue weighted by molar-refractivity contribution is -0.155. The predicted octanol–water partition coefficient (Wildman–Crippen LogP) is 4.85. The van der Waals surface area contributed by atoms with Gasteiger partial charge < -0.3 is 35.1 Å². The molecule has 5 N–H and O–H groups in total. The molecule has 406 valence electrons. The molecule has 5 heterocycles. The number of fused-ring (bicyclic) bond motifs is 2. The van der Waals surface area contributed by atoms with Crippen LogP contribution < -0.4 is 16.0 Å². The molecular formula is C54H58F2N7O12PS. The average Bonchev–Trinajstić information content (AvgIpc) is 3.95. The molecule has 0 radical (unpaired) electrons. The lowest BCUT2D eigenvalue weighted by Crippen LogP contribution is -2.66. The van der Waals surface area contributed by atoms with Gasteiger partial charge in [-0.05, 0) is 84.9 Å². The van der Waals surface area contributed by atoms with E-state index in [1.54, 1.807) is 31.7 Å². The number of imide groups is 2. The zero-order chi connectivity index (χ0) is 55.6. The van der Waals surface area contributed by atoms with Crippen molar-refractivity contribution in [2.75, 3.05) is 39.3 Å². The second-order valence-corrected chi connectivity index (χ2v) is 23.4. The summed E-state index contributed by atoms with van der Waals surface area (Å²) in [6, 6.07) is 15.1. The van der Waals surface area contributed by atoms with Crippen LogP contribution in [0.4, 0.5) is 8.78 Å². The van der Waals surface area contributed by atoms with Crippen LogP contribution in [0.2, 0.25) is 0 Å². The molecule has 19 nitrogen and oxygen atoms in total. The molecule has 0 spiro atoms. The molecule has 77 heavy (non-hydrogen) atoms. The number of amides is 9. The zero-order valence-corrected chi connectivity index (χ0v) is 44.2. The van der Waals surface area contributed by atoms with Gasteiger partial charge in [0.1, 0.15) is 24.5 Å². The summed E-state index contributed by atoms with van der Waals surface area (Å²) in [6.45, 7) is 5.81. The van der Waals surface area contributed by atoms with Crippen LogP contribution in [0.15, 0.2) is 72.8 Å². The SMILES string of the molecule is CC(C)(C)[C@H](NC(=O)c1cc2cc(C(F)(F)P(=O)(O)O)ccc2s1)C(=O)N1CCN(C(=O)CC(=O)NCCCCC#Cc2ccc3c(c2)C(=O)N(C2CCC(=O)NC2=O)C3=O)C[C@H]1C(=O)N1CCCC(c2ccccc2)C1. The fraction of sp³-hybridized carbons (Fsp3) is 0.426. The number of rotatable bonds is 14. The smallest absolute Gasteiger partial charge is 0.356 e. The fourth-order valence-corrected chi connectivity index (χ4v) is 11.4. The summed E-state index contributed by atoms with van der Waals surface area (Å²) >= 11 is 0.927. The third-order valence-corrected chi connectivity index (χ3v) is 16.3. The molecule has 3 fully saturated rings. The second-order valence-electron chi connectivity index (χ2n) is 20.6. The minimum absolute atomic E-state index is 0.00694. The molecule has 23 heteroatoms. The number of likely N-dealkylation sites (tertiary alicyclic amines) is 1. The van der Waals surface area contributed by atoms with E-state index in [2.05, 4.69) is 27.8 Å². The number of hydrogen-bond donors (Lipinski definition) is 5. The average molecular weight is 1100 g/mol. The molecular weight excluding hydrogens is 1040 g/mol. The summed E-state index contributed by atoms with van der Waals surface area (Å²) < 4.78 is 41.1. The number of piperidine rings is 2. The highest BCUT2D eigenvalue weighted by atomic mass is 32.1. The summed E-state index contributed by atoms with van der Waals surface area (Å²) in [5.74, 6) is 0.767. The number of carbonyl (C=O) groups is 9. The fourth-order valence-electron chi connectivity index (χ4n) is 9.99. The van der Waals surface area contributed by atoms with Crippen LogP contribution in [-0.2, 0) is 39.0 Å². The molecule has 0 saturated carbocycles. The second kappa shape index (κ2) is 22.8. The number of alkyl halides is 2. The van der Waals surface area contributed by atoms with E-state index in [1.165, 1.54) is 34.1 Å². The highest BCUT2D eigenvalue weighted by Crippen LogP contribution is 2.59. The van der Waals surface area contributed by atoms with Gasteiger partial charge in [0.2, 0.25) is 35.4 Å². The van der Waals surface area contributed by atoms with E-state index in [0.29, 0.717) is 49.0 Å². The zero-order valence-electron chi connectivity index (χ0n) is 42.5. The molecule has 9 amide bonds. The first-order valence-electron chi connectivity index (χ1n) is 25.2. The molecule has 3 aromatic carbocycles. The van der Waals surface area contributed by atoms with E-state index in [0.717, 1.165) is 40.4 Å². The van der Waals surface area contributed by atoms with Crippen molar-refractivity contribution >= 4 is 82.2 Å². The van der Waals surface area contributed by atoms with E-state index in [4.69, 9.17) is 0 Å². The van der Waals surface area contributed by atoms with Crippen LogP contribution in [0.3, 0.4) is 0 Å². The van der Waals surface area contributed by atoms with Gasteiger partial charge in [-0.2, -0.15) is 8.78 Å². The largest absolute Gasteiger partial charge is 0.399 e. The highest BCUT2D eigenvalue weighted by molar-refractivity contribution is 7.52. The van der Waals surface area contributed by atoms with Crippen molar-refractivity contribution < 1.29 is 66.3 Å². The van der Waals surface area contributed by atoms with Crippen molar-refractivity contribution in [1.82, 2.24) is 35.6 Å². The Morgan fingerprint density at radius 3 is 2.32 bits per heavy atom. The van der Waals surface area contributed by atoms with Crippen molar-refractivity contribution in [3.05, 3.63) is 105 Å². The number of carbonyl (C=O) groups excluding carboxylic acids is 9. The first-order chi connectivity index (χ1) is 36.4. The van der Waals surface area contributed by atoms with Gasteiger partial charge in [-0.3, -0.25) is 57.9 Å². The minimum atomic E-state index is -5.87. The van der Waals surface area contributed by atoms with Crippen molar-refractivity contribution in [1.29, 1.82) is 0 Å². The predicted molar refractivity (Wildman–Crippen MR) is 277 cm³/mol. The third kappa shape index (κ3) is 12.3. The van der Waals surface area contributed by atoms with Gasteiger partial charge in [0.15, 0.2) is 0 Å². The lowest BCUT2D eigenvalue weighted by Gasteiger charge is -2.45. The Labute approximate surface area is 446 Å². The summed E-state index contributed by atoms with van der Waals surface area (Å²) in [4.78, 5) is 145. The number of piperazine rings is 1. The van der Waals surface area contributed by atoms with E-state index < -0.39 is 102 Å². The first kappa shape index (κ1) is 56.0. The third-order valence-electron chi connectivity index (χ3n) is 14.2. The Bertz CT molecular complexity index is 3160. The molecule has 4 atom stereocenters. The van der Waals surface area contributed by atoms with Gasteiger partial charge in [-0.25, -0.2) is 0 Å². The maximum Gasteiger partial charge on any atom is 0.399 e. The number of thiophene rings is 1. The number of nitrogens with zero attached hydrogens (tertiary/aromatic N) is 4.